The van der Waals surface area contributed by atoms with Gasteiger partial charge in [0.15, 0.2) is 0 Å². The van der Waals surface area contributed by atoms with Crippen molar-refractivity contribution in [1.29, 1.82) is 0 Å². The quantitative estimate of drug-likeness (QED) is 0.164. The first-order valence-electron chi connectivity index (χ1n) is 24.2. The summed E-state index contributed by atoms with van der Waals surface area (Å²) >= 11 is 0. The number of hydrogen-bond acceptors (Lipinski definition) is 6. The van der Waals surface area contributed by atoms with Crippen molar-refractivity contribution in [2.75, 3.05) is 9.80 Å². The van der Waals surface area contributed by atoms with E-state index in [1.54, 1.807) is 0 Å². The third kappa shape index (κ3) is 6.32. The van der Waals surface area contributed by atoms with Crippen LogP contribution in [-0.4, -0.2) is 6.71 Å². The minimum Gasteiger partial charge on any atom is -0.468 e. The van der Waals surface area contributed by atoms with Crippen LogP contribution in [0.5, 0.6) is 0 Å². The Morgan fingerprint density at radius 2 is 0.797 bits per heavy atom. The lowest BCUT2D eigenvalue weighted by atomic mass is 9.37. The zero-order valence-corrected chi connectivity index (χ0v) is 40.6. The summed E-state index contributed by atoms with van der Waals surface area (Å²) in [6.45, 7) is 20.3. The Morgan fingerprint density at radius 3 is 1.20 bits per heavy atom. The van der Waals surface area contributed by atoms with Crippen molar-refractivity contribution in [2.24, 2.45) is 0 Å². The average Bonchev–Trinajstić information content (AvgIpc) is 4.14. The second-order valence-electron chi connectivity index (χ2n) is 22.2. The molecule has 0 bridgehead atoms. The van der Waals surface area contributed by atoms with Crippen LogP contribution in [0.4, 0.5) is 34.1 Å². The van der Waals surface area contributed by atoms with Gasteiger partial charge in [0, 0.05) is 55.4 Å². The largest absolute Gasteiger partial charge is 0.468 e. The van der Waals surface area contributed by atoms with Crippen molar-refractivity contribution in [2.45, 2.75) is 78.6 Å². The van der Waals surface area contributed by atoms with Crippen LogP contribution in [0.25, 0.3) is 66.1 Å². The zero-order valence-electron chi connectivity index (χ0n) is 40.6. The molecule has 338 valence electrons. The summed E-state index contributed by atoms with van der Waals surface area (Å²) in [4.78, 5) is 4.93. The number of fused-ring (bicyclic) bond motifs is 10. The average molecular weight is 901 g/mol. The van der Waals surface area contributed by atoms with Gasteiger partial charge in [-0.05, 0) is 122 Å². The van der Waals surface area contributed by atoms with Crippen molar-refractivity contribution in [3.05, 3.63) is 175 Å². The Morgan fingerprint density at radius 1 is 0.391 bits per heavy atom. The molecule has 69 heavy (non-hydrogen) atoms. The summed E-state index contributed by atoms with van der Waals surface area (Å²) in [5.41, 5.74) is 20.4. The molecular weight excluding hydrogens is 848 g/mol. The molecule has 7 aromatic carbocycles. The van der Waals surface area contributed by atoms with Crippen LogP contribution in [-0.2, 0) is 16.2 Å². The van der Waals surface area contributed by atoms with E-state index in [1.165, 1.54) is 16.7 Å². The van der Waals surface area contributed by atoms with Crippen LogP contribution in [0.3, 0.4) is 0 Å². The molecule has 0 spiro atoms. The van der Waals surface area contributed by atoms with E-state index in [1.807, 2.05) is 36.8 Å². The number of furan rings is 4. The lowest BCUT2D eigenvalue weighted by Gasteiger charge is -2.42. The Bertz CT molecular complexity index is 3620. The molecule has 0 atom stereocenters. The molecular formula is C62H53BN2O4. The highest BCUT2D eigenvalue weighted by molar-refractivity contribution is 6.99. The van der Waals surface area contributed by atoms with E-state index in [2.05, 4.69) is 193 Å². The molecule has 2 aliphatic rings. The Hall–Kier alpha value is -7.64. The smallest absolute Gasteiger partial charge is 0.342 e. The van der Waals surface area contributed by atoms with E-state index in [0.29, 0.717) is 0 Å². The molecule has 0 fully saturated rings. The highest BCUT2D eigenvalue weighted by atomic mass is 16.4. The van der Waals surface area contributed by atoms with Gasteiger partial charge in [-0.3, -0.25) is 0 Å². The zero-order chi connectivity index (χ0) is 47.3. The van der Waals surface area contributed by atoms with Gasteiger partial charge in [0.05, 0.1) is 23.9 Å². The van der Waals surface area contributed by atoms with Gasteiger partial charge in [-0.15, -0.1) is 0 Å². The molecule has 7 heteroatoms. The Balaban J connectivity index is 1.10. The van der Waals surface area contributed by atoms with Gasteiger partial charge in [0.1, 0.15) is 33.7 Å². The maximum Gasteiger partial charge on any atom is 0.342 e. The summed E-state index contributed by atoms with van der Waals surface area (Å²) in [6, 6.07) is 52.7. The number of benzene rings is 7. The molecule has 13 rings (SSSR count). The second-order valence-corrected chi connectivity index (χ2v) is 22.2. The number of para-hydroxylation sites is 2. The molecule has 11 aromatic rings. The van der Waals surface area contributed by atoms with Crippen LogP contribution in [0.15, 0.2) is 176 Å². The standard InChI is InChI=1S/C62H53BN2O4/c1-60(2,3)38-22-28-53-45(30-38)56-58(68-53)63-55-49(64(56)41-24-18-36(19-25-41)47-34-66-51-16-12-10-14-43(47)51)32-40(62(7,8)9)33-50(55)65(57-46-31-39(61(4,5)6)23-29-54(46)69-59(57)63)42-26-20-37(21-27-42)48-35-67-52-17-13-11-15-44(48)52/h10-35H,1-9H3. The molecule has 0 unspecified atom stereocenters. The molecule has 0 radical (unpaired) electrons. The van der Waals surface area contributed by atoms with E-state index in [0.717, 1.165) is 117 Å². The normalized spacial score (nSPS) is 13.8. The highest BCUT2D eigenvalue weighted by Gasteiger charge is 2.50. The number of nitrogens with zero attached hydrogens (tertiary/aromatic N) is 2. The molecule has 6 heterocycles. The highest BCUT2D eigenvalue weighted by Crippen LogP contribution is 2.51. The van der Waals surface area contributed by atoms with Gasteiger partial charge < -0.3 is 27.5 Å². The summed E-state index contributed by atoms with van der Waals surface area (Å²) in [5, 5.41) is 4.35. The topological polar surface area (TPSA) is 59.0 Å². The fraction of sp³-hybridized carbons (Fsp3) is 0.194. The fourth-order valence-electron chi connectivity index (χ4n) is 10.9. The summed E-state index contributed by atoms with van der Waals surface area (Å²) in [5.74, 6) is 0. The Kier molecular flexibility index (Phi) is 8.70. The van der Waals surface area contributed by atoms with Crippen molar-refractivity contribution in [3.8, 4) is 22.3 Å². The lowest BCUT2D eigenvalue weighted by Crippen LogP contribution is -2.60. The predicted octanol–water partition coefficient (Wildman–Crippen LogP) is 16.0. The van der Waals surface area contributed by atoms with Gasteiger partial charge in [-0.25, -0.2) is 0 Å². The molecule has 0 saturated heterocycles. The van der Waals surface area contributed by atoms with Crippen molar-refractivity contribution in [3.63, 3.8) is 0 Å². The van der Waals surface area contributed by atoms with E-state index in [-0.39, 0.29) is 23.0 Å². The summed E-state index contributed by atoms with van der Waals surface area (Å²) < 4.78 is 26.7. The molecule has 0 amide bonds. The molecule has 4 aromatic heterocycles. The maximum absolute atomic E-state index is 7.31. The van der Waals surface area contributed by atoms with Gasteiger partial charge >= 0.3 is 6.71 Å². The summed E-state index contributed by atoms with van der Waals surface area (Å²) in [7, 11) is 0. The van der Waals surface area contributed by atoms with E-state index < -0.39 is 0 Å². The van der Waals surface area contributed by atoms with Gasteiger partial charge in [-0.2, -0.15) is 0 Å². The minimum absolute atomic E-state index is 0.0837. The van der Waals surface area contributed by atoms with Crippen molar-refractivity contribution in [1.82, 2.24) is 0 Å². The Labute approximate surface area is 402 Å². The van der Waals surface area contributed by atoms with Crippen LogP contribution in [0.1, 0.15) is 79.0 Å². The predicted molar refractivity (Wildman–Crippen MR) is 287 cm³/mol. The molecule has 0 aliphatic carbocycles. The molecule has 0 N–H and O–H groups in total. The van der Waals surface area contributed by atoms with Gasteiger partial charge in [-0.1, -0.05) is 135 Å². The first kappa shape index (κ1) is 41.5. The number of rotatable bonds is 4. The van der Waals surface area contributed by atoms with Crippen LogP contribution < -0.4 is 26.6 Å². The van der Waals surface area contributed by atoms with Gasteiger partial charge in [0.25, 0.3) is 0 Å². The van der Waals surface area contributed by atoms with E-state index in [4.69, 9.17) is 17.7 Å². The minimum atomic E-state index is -0.342. The fourth-order valence-corrected chi connectivity index (χ4v) is 10.9. The first-order chi connectivity index (χ1) is 33.1. The number of hydrogen-bond donors (Lipinski definition) is 0. The molecule has 0 saturated carbocycles. The molecule has 6 nitrogen and oxygen atoms in total. The maximum atomic E-state index is 7.31. The lowest BCUT2D eigenvalue weighted by molar-refractivity contribution is 0.590. The third-order valence-electron chi connectivity index (χ3n) is 14.7. The van der Waals surface area contributed by atoms with Crippen LogP contribution >= 0.6 is 0 Å². The SMILES string of the molecule is CC(C)(C)c1cc2c3c(c1)N(c1ccc(-c4coc5ccccc45)cc1)c1c(oc4ccc(C(C)(C)C)cc14)B3c1oc3ccc(C(C)(C)C)cc3c1N2c1ccc(-c2coc3ccccc23)cc1. The van der Waals surface area contributed by atoms with Crippen molar-refractivity contribution < 1.29 is 17.7 Å². The van der Waals surface area contributed by atoms with Gasteiger partial charge in [0.2, 0.25) is 0 Å². The van der Waals surface area contributed by atoms with Crippen LogP contribution in [0, 0.1) is 0 Å². The van der Waals surface area contributed by atoms with Crippen molar-refractivity contribution >= 4 is 101 Å². The third-order valence-corrected chi connectivity index (χ3v) is 14.7. The number of anilines is 6. The van der Waals surface area contributed by atoms with E-state index >= 15 is 0 Å². The second kappa shape index (κ2) is 14.4. The summed E-state index contributed by atoms with van der Waals surface area (Å²) in [6.07, 6.45) is 3.75. The monoisotopic (exact) mass is 900 g/mol. The van der Waals surface area contributed by atoms with Crippen LogP contribution in [0.2, 0.25) is 0 Å². The molecule has 2 aliphatic heterocycles. The first-order valence-corrected chi connectivity index (χ1v) is 24.2. The van der Waals surface area contributed by atoms with E-state index in [9.17, 15) is 0 Å².